The monoisotopic (exact) mass is 247 g/mol. The van der Waals surface area contributed by atoms with Gasteiger partial charge in [0, 0.05) is 18.3 Å². The summed E-state index contributed by atoms with van der Waals surface area (Å²) in [6.45, 7) is 4.45. The highest BCUT2D eigenvalue weighted by Gasteiger charge is 2.24. The molecule has 0 spiro atoms. The van der Waals surface area contributed by atoms with Gasteiger partial charge in [-0.25, -0.2) is 0 Å². The van der Waals surface area contributed by atoms with Gasteiger partial charge in [-0.3, -0.25) is 4.98 Å². The molecule has 1 aromatic heterocycles. The summed E-state index contributed by atoms with van der Waals surface area (Å²) in [5.74, 6) is 1.32. The number of aliphatic hydroxyl groups excluding tert-OH is 1. The highest BCUT2D eigenvalue weighted by Crippen LogP contribution is 2.31. The average molecular weight is 247 g/mol. The van der Waals surface area contributed by atoms with E-state index in [0.717, 1.165) is 18.0 Å². The van der Waals surface area contributed by atoms with Crippen LogP contribution in [-0.4, -0.2) is 16.2 Å². The Balaban J connectivity index is 1.87. The summed E-state index contributed by atoms with van der Waals surface area (Å²) in [4.78, 5) is 4.44. The first-order valence-corrected chi connectivity index (χ1v) is 7.31. The molecule has 2 nitrogen and oxygen atoms in total. The molecule has 1 fully saturated rings. The Hall–Kier alpha value is -0.890. The van der Waals surface area contributed by atoms with Crippen molar-refractivity contribution in [3.05, 3.63) is 29.6 Å². The Morgan fingerprint density at radius 1 is 1.28 bits per heavy atom. The zero-order chi connectivity index (χ0) is 13.0. The largest absolute Gasteiger partial charge is 0.392 e. The summed E-state index contributed by atoms with van der Waals surface area (Å²) in [7, 11) is 0. The molecule has 1 saturated carbocycles. The molecule has 0 saturated heterocycles. The van der Waals surface area contributed by atoms with E-state index >= 15 is 0 Å². The Labute approximate surface area is 110 Å². The third-order valence-electron chi connectivity index (χ3n) is 4.32. The van der Waals surface area contributed by atoms with Crippen molar-refractivity contribution in [1.82, 2.24) is 4.98 Å². The van der Waals surface area contributed by atoms with Crippen molar-refractivity contribution < 1.29 is 5.11 Å². The molecule has 0 bridgehead atoms. The first-order chi connectivity index (χ1) is 8.69. The quantitative estimate of drug-likeness (QED) is 0.885. The number of aromatic nitrogens is 1. The molecular formula is C16H25NO. The molecule has 1 heterocycles. The van der Waals surface area contributed by atoms with Gasteiger partial charge in [-0.2, -0.15) is 0 Å². The molecular weight excluding hydrogens is 222 g/mol. The highest BCUT2D eigenvalue weighted by molar-refractivity contribution is 5.14. The van der Waals surface area contributed by atoms with E-state index in [1.165, 1.54) is 31.2 Å². The number of rotatable bonds is 4. The maximum Gasteiger partial charge on any atom is 0.0623 e. The topological polar surface area (TPSA) is 33.1 Å². The Bertz CT molecular complexity index is 352. The summed E-state index contributed by atoms with van der Waals surface area (Å²) in [6, 6.07) is 4.19. The normalized spacial score (nSPS) is 25.9. The Morgan fingerprint density at radius 2 is 2.00 bits per heavy atom. The molecule has 1 aliphatic rings. The number of hydrogen-bond donors (Lipinski definition) is 1. The van der Waals surface area contributed by atoms with E-state index in [2.05, 4.69) is 31.0 Å². The fourth-order valence-corrected chi connectivity index (χ4v) is 2.84. The Morgan fingerprint density at radius 3 is 2.56 bits per heavy atom. The number of pyridine rings is 1. The maximum absolute atomic E-state index is 10.3. The van der Waals surface area contributed by atoms with Gasteiger partial charge in [0.25, 0.3) is 0 Å². The standard InChI is InChI=1S/C16H25NO/c1-3-13-6-9-15(17-11-13)10-16(18)14-7-4-12(2)5-8-14/h6,9,11-12,14,16,18H,3-5,7-8,10H2,1-2H3. The molecule has 1 unspecified atom stereocenters. The van der Waals surface area contributed by atoms with E-state index in [-0.39, 0.29) is 6.10 Å². The smallest absolute Gasteiger partial charge is 0.0623 e. The first-order valence-electron chi connectivity index (χ1n) is 7.31. The van der Waals surface area contributed by atoms with Crippen LogP contribution in [-0.2, 0) is 12.8 Å². The molecule has 1 atom stereocenters. The van der Waals surface area contributed by atoms with Crippen molar-refractivity contribution in [1.29, 1.82) is 0 Å². The van der Waals surface area contributed by atoms with Crippen LogP contribution in [0.25, 0.3) is 0 Å². The van der Waals surface area contributed by atoms with Gasteiger partial charge in [0.05, 0.1) is 6.10 Å². The molecule has 0 aliphatic heterocycles. The number of aryl methyl sites for hydroxylation is 1. The minimum Gasteiger partial charge on any atom is -0.392 e. The molecule has 1 aromatic rings. The molecule has 100 valence electrons. The maximum atomic E-state index is 10.3. The fraction of sp³-hybridized carbons (Fsp3) is 0.688. The van der Waals surface area contributed by atoms with Crippen LogP contribution in [0.1, 0.15) is 50.8 Å². The summed E-state index contributed by atoms with van der Waals surface area (Å²) in [6.07, 6.45) is 8.35. The zero-order valence-corrected chi connectivity index (χ0v) is 11.6. The lowest BCUT2D eigenvalue weighted by Gasteiger charge is -2.29. The molecule has 1 aliphatic carbocycles. The van der Waals surface area contributed by atoms with Crippen molar-refractivity contribution >= 4 is 0 Å². The van der Waals surface area contributed by atoms with Crippen LogP contribution >= 0.6 is 0 Å². The van der Waals surface area contributed by atoms with E-state index in [1.807, 2.05) is 6.20 Å². The summed E-state index contributed by atoms with van der Waals surface area (Å²) >= 11 is 0. The predicted octanol–water partition coefficient (Wildman–Crippen LogP) is 3.37. The number of hydrogen-bond acceptors (Lipinski definition) is 2. The van der Waals surface area contributed by atoms with Crippen LogP contribution in [0, 0.1) is 11.8 Å². The van der Waals surface area contributed by atoms with E-state index in [0.29, 0.717) is 12.3 Å². The third-order valence-corrected chi connectivity index (χ3v) is 4.32. The van der Waals surface area contributed by atoms with Crippen LogP contribution in [0.4, 0.5) is 0 Å². The number of aliphatic hydroxyl groups is 1. The van der Waals surface area contributed by atoms with Gasteiger partial charge in [0.2, 0.25) is 0 Å². The highest BCUT2D eigenvalue weighted by atomic mass is 16.3. The van der Waals surface area contributed by atoms with Gasteiger partial charge in [-0.05, 0) is 42.7 Å². The molecule has 2 heteroatoms. The van der Waals surface area contributed by atoms with Gasteiger partial charge < -0.3 is 5.11 Å². The van der Waals surface area contributed by atoms with Crippen LogP contribution in [0.5, 0.6) is 0 Å². The lowest BCUT2D eigenvalue weighted by molar-refractivity contribution is 0.0753. The first kappa shape index (κ1) is 13.5. The molecule has 0 amide bonds. The minimum absolute atomic E-state index is 0.211. The SMILES string of the molecule is CCc1ccc(CC(O)C2CCC(C)CC2)nc1. The molecule has 0 radical (unpaired) electrons. The predicted molar refractivity (Wildman–Crippen MR) is 74.4 cm³/mol. The van der Waals surface area contributed by atoms with E-state index in [1.54, 1.807) is 0 Å². The second kappa shape index (κ2) is 6.33. The summed E-state index contributed by atoms with van der Waals surface area (Å²) < 4.78 is 0. The second-order valence-electron chi connectivity index (χ2n) is 5.80. The van der Waals surface area contributed by atoms with Crippen LogP contribution in [0.2, 0.25) is 0 Å². The lowest BCUT2D eigenvalue weighted by Crippen LogP contribution is -2.27. The third kappa shape index (κ3) is 3.55. The Kier molecular flexibility index (Phi) is 4.76. The van der Waals surface area contributed by atoms with Crippen molar-refractivity contribution in [3.63, 3.8) is 0 Å². The van der Waals surface area contributed by atoms with Gasteiger partial charge in [-0.15, -0.1) is 0 Å². The second-order valence-corrected chi connectivity index (χ2v) is 5.80. The van der Waals surface area contributed by atoms with Gasteiger partial charge in [-0.1, -0.05) is 32.8 Å². The van der Waals surface area contributed by atoms with Gasteiger partial charge in [0.1, 0.15) is 0 Å². The van der Waals surface area contributed by atoms with Gasteiger partial charge >= 0.3 is 0 Å². The van der Waals surface area contributed by atoms with Gasteiger partial charge in [0.15, 0.2) is 0 Å². The molecule has 0 aromatic carbocycles. The molecule has 18 heavy (non-hydrogen) atoms. The minimum atomic E-state index is -0.211. The zero-order valence-electron chi connectivity index (χ0n) is 11.6. The summed E-state index contributed by atoms with van der Waals surface area (Å²) in [5, 5.41) is 10.3. The molecule has 1 N–H and O–H groups in total. The van der Waals surface area contributed by atoms with Crippen molar-refractivity contribution in [2.45, 2.75) is 58.5 Å². The molecule has 2 rings (SSSR count). The average Bonchev–Trinajstić information content (AvgIpc) is 2.40. The van der Waals surface area contributed by atoms with E-state index < -0.39 is 0 Å². The summed E-state index contributed by atoms with van der Waals surface area (Å²) in [5.41, 5.74) is 2.29. The van der Waals surface area contributed by atoms with Crippen LogP contribution < -0.4 is 0 Å². The van der Waals surface area contributed by atoms with E-state index in [4.69, 9.17) is 0 Å². The van der Waals surface area contributed by atoms with Crippen molar-refractivity contribution in [2.75, 3.05) is 0 Å². The van der Waals surface area contributed by atoms with Crippen molar-refractivity contribution in [2.24, 2.45) is 11.8 Å². The van der Waals surface area contributed by atoms with Crippen LogP contribution in [0.15, 0.2) is 18.3 Å². The number of nitrogens with zero attached hydrogens (tertiary/aromatic N) is 1. The lowest BCUT2D eigenvalue weighted by atomic mass is 9.79. The van der Waals surface area contributed by atoms with Crippen molar-refractivity contribution in [3.8, 4) is 0 Å². The fourth-order valence-electron chi connectivity index (χ4n) is 2.84. The van der Waals surface area contributed by atoms with E-state index in [9.17, 15) is 5.11 Å². The van der Waals surface area contributed by atoms with Crippen LogP contribution in [0.3, 0.4) is 0 Å².